The first-order chi connectivity index (χ1) is 19.2. The number of sulfonamides is 1. The van der Waals surface area contributed by atoms with Gasteiger partial charge in [-0.15, -0.1) is 0 Å². The quantitative estimate of drug-likeness (QED) is 0.485. The molecule has 5 rings (SSSR count). The first kappa shape index (κ1) is 29.8. The van der Waals surface area contributed by atoms with Gasteiger partial charge in [-0.3, -0.25) is 14.4 Å². The summed E-state index contributed by atoms with van der Waals surface area (Å²) >= 11 is 6.03. The van der Waals surface area contributed by atoms with E-state index in [-0.39, 0.29) is 35.0 Å². The number of halogens is 1. The molecule has 0 saturated carbocycles. The van der Waals surface area contributed by atoms with Crippen molar-refractivity contribution in [2.75, 3.05) is 60.4 Å². The van der Waals surface area contributed by atoms with Gasteiger partial charge in [0.2, 0.25) is 21.8 Å². The van der Waals surface area contributed by atoms with Crippen LogP contribution in [0.3, 0.4) is 0 Å². The Hall–Kier alpha value is -2.73. The van der Waals surface area contributed by atoms with E-state index in [1.807, 2.05) is 30.9 Å². The van der Waals surface area contributed by atoms with Crippen LogP contribution in [0.4, 0.5) is 0 Å². The predicted molar refractivity (Wildman–Crippen MR) is 157 cm³/mol. The number of carbonyl (C=O) groups is 3. The molecule has 3 amide bonds. The number of likely N-dealkylation sites (N-methyl/N-ethyl adjacent to an activating group) is 1. The van der Waals surface area contributed by atoms with E-state index in [2.05, 4.69) is 4.72 Å². The average molecular weight is 605 g/mol. The van der Waals surface area contributed by atoms with Crippen LogP contribution in [0.2, 0.25) is 5.02 Å². The van der Waals surface area contributed by atoms with Crippen LogP contribution in [-0.2, 0) is 24.4 Å². The number of carbonyl (C=O) groups excluding carboxylic acids is 3. The van der Waals surface area contributed by atoms with E-state index in [0.717, 1.165) is 17.2 Å². The molecule has 0 radical (unpaired) electrons. The second kappa shape index (κ2) is 11.2. The van der Waals surface area contributed by atoms with E-state index in [9.17, 15) is 22.8 Å². The fourth-order valence-electron chi connectivity index (χ4n) is 6.38. The maximum atomic E-state index is 13.5. The summed E-state index contributed by atoms with van der Waals surface area (Å²) in [5.41, 5.74) is 0. The van der Waals surface area contributed by atoms with E-state index in [4.69, 9.17) is 11.6 Å². The van der Waals surface area contributed by atoms with Crippen molar-refractivity contribution in [1.29, 1.82) is 0 Å². The lowest BCUT2D eigenvalue weighted by Gasteiger charge is -2.47. The Morgan fingerprint density at radius 3 is 2.27 bits per heavy atom. The third-order valence-corrected chi connectivity index (χ3v) is 10.0. The molecule has 3 fully saturated rings. The minimum atomic E-state index is -3.96. The molecule has 10 nitrogen and oxygen atoms in total. The van der Waals surface area contributed by atoms with Crippen molar-refractivity contribution in [3.63, 3.8) is 0 Å². The molecule has 0 spiro atoms. The third kappa shape index (κ3) is 6.53. The number of piperidine rings is 2. The van der Waals surface area contributed by atoms with Gasteiger partial charge in [0.15, 0.2) is 6.54 Å². The molecule has 0 aromatic heterocycles. The number of amides is 3. The number of likely N-dealkylation sites (tertiary alicyclic amines) is 3. The van der Waals surface area contributed by atoms with Crippen LogP contribution in [-0.4, -0.2) is 118 Å². The largest absolute Gasteiger partial charge is 0.340 e. The molecule has 2 aromatic carbocycles. The Labute approximate surface area is 246 Å². The number of nitrogens with one attached hydrogen (secondary N) is 1. The van der Waals surface area contributed by atoms with Crippen molar-refractivity contribution in [2.24, 2.45) is 11.8 Å². The van der Waals surface area contributed by atoms with Crippen molar-refractivity contribution in [3.8, 4) is 0 Å². The van der Waals surface area contributed by atoms with Gasteiger partial charge in [0.05, 0.1) is 26.0 Å². The Bertz CT molecular complexity index is 1460. The van der Waals surface area contributed by atoms with Gasteiger partial charge >= 0.3 is 0 Å². The molecule has 1 N–H and O–H groups in total. The highest BCUT2D eigenvalue weighted by Gasteiger charge is 2.43. The molecule has 2 aromatic rings. The third-order valence-electron chi connectivity index (χ3n) is 8.30. The first-order valence-corrected chi connectivity index (χ1v) is 16.0. The monoisotopic (exact) mass is 604 g/mol. The zero-order valence-corrected chi connectivity index (χ0v) is 25.6. The lowest BCUT2D eigenvalue weighted by atomic mass is 9.84. The van der Waals surface area contributed by atoms with Gasteiger partial charge in [0, 0.05) is 37.7 Å². The number of quaternary nitrogens is 1. The fraction of sp³-hybridized carbons (Fsp3) is 0.552. The van der Waals surface area contributed by atoms with Crippen LogP contribution in [0.25, 0.3) is 10.8 Å². The van der Waals surface area contributed by atoms with E-state index in [1.54, 1.807) is 37.3 Å². The predicted octanol–water partition coefficient (Wildman–Crippen LogP) is 1.77. The molecule has 41 heavy (non-hydrogen) atoms. The lowest BCUT2D eigenvalue weighted by Crippen LogP contribution is -2.59. The maximum absolute atomic E-state index is 13.5. The van der Waals surface area contributed by atoms with Crippen LogP contribution in [0, 0.1) is 11.8 Å². The van der Waals surface area contributed by atoms with Gasteiger partial charge in [-0.25, -0.2) is 8.42 Å². The molecule has 3 heterocycles. The topological polar surface area (TPSA) is 107 Å². The Balaban J connectivity index is 1.20. The summed E-state index contributed by atoms with van der Waals surface area (Å²) in [4.78, 5) is 44.9. The average Bonchev–Trinajstić information content (AvgIpc) is 3.24. The lowest BCUT2D eigenvalue weighted by molar-refractivity contribution is -0.862. The van der Waals surface area contributed by atoms with Crippen LogP contribution in [0.5, 0.6) is 0 Å². The fourth-order valence-corrected chi connectivity index (χ4v) is 7.82. The Morgan fingerprint density at radius 1 is 1.00 bits per heavy atom. The van der Waals surface area contributed by atoms with Crippen LogP contribution in [0.1, 0.15) is 19.8 Å². The summed E-state index contributed by atoms with van der Waals surface area (Å²) in [5, 5.41) is 2.10. The molecule has 3 aliphatic heterocycles. The summed E-state index contributed by atoms with van der Waals surface area (Å²) in [6.07, 6.45) is 1.27. The van der Waals surface area contributed by atoms with Crippen molar-refractivity contribution in [3.05, 3.63) is 41.4 Å². The molecule has 3 aliphatic rings. The van der Waals surface area contributed by atoms with Crippen LogP contribution in [0.15, 0.2) is 41.3 Å². The van der Waals surface area contributed by atoms with Crippen molar-refractivity contribution in [1.82, 2.24) is 19.4 Å². The maximum Gasteiger partial charge on any atom is 0.277 e. The van der Waals surface area contributed by atoms with Gasteiger partial charge in [-0.1, -0.05) is 23.7 Å². The normalized spacial score (nSPS) is 24.2. The smallest absolute Gasteiger partial charge is 0.277 e. The van der Waals surface area contributed by atoms with Crippen LogP contribution < -0.4 is 4.72 Å². The van der Waals surface area contributed by atoms with E-state index in [0.29, 0.717) is 48.8 Å². The molecule has 0 unspecified atom stereocenters. The number of fused-ring (bicyclic) bond motifs is 3. The standard InChI is InChI=1S/C29H39ClN5O5S/c1-19(28(37)33-16-20-11-21(17-33)15-32(14-20)27(36)18-35(2,3)4)34-10-9-26(29(34)38)31-41(39,40)25-8-6-22-12-24(30)7-5-23(22)13-25/h5-8,12-13,19-21,26,31H,9-11,14-18H2,1-4H3/q+1/t19-,20-,21+,26-/m0/s1. The summed E-state index contributed by atoms with van der Waals surface area (Å²) < 4.78 is 29.4. The van der Waals surface area contributed by atoms with Crippen molar-refractivity contribution < 1.29 is 27.3 Å². The number of benzene rings is 2. The summed E-state index contributed by atoms with van der Waals surface area (Å²) in [7, 11) is 2.04. The minimum absolute atomic E-state index is 0.0662. The highest BCUT2D eigenvalue weighted by atomic mass is 35.5. The zero-order valence-electron chi connectivity index (χ0n) is 24.0. The van der Waals surface area contributed by atoms with Crippen molar-refractivity contribution in [2.45, 2.75) is 36.7 Å². The van der Waals surface area contributed by atoms with Gasteiger partial charge in [-0.05, 0) is 66.6 Å². The zero-order chi connectivity index (χ0) is 29.7. The second-order valence-electron chi connectivity index (χ2n) is 12.8. The molecule has 0 aliphatic carbocycles. The van der Waals surface area contributed by atoms with Crippen molar-refractivity contribution >= 4 is 50.1 Å². The summed E-state index contributed by atoms with van der Waals surface area (Å²) in [6, 6.07) is 8.32. The van der Waals surface area contributed by atoms with Gasteiger partial charge in [-0.2, -0.15) is 4.72 Å². The molecule has 2 bridgehead atoms. The van der Waals surface area contributed by atoms with Gasteiger partial charge < -0.3 is 19.2 Å². The second-order valence-corrected chi connectivity index (χ2v) is 14.9. The molecule has 3 saturated heterocycles. The molecule has 4 atom stereocenters. The first-order valence-electron chi connectivity index (χ1n) is 14.1. The van der Waals surface area contributed by atoms with E-state index < -0.39 is 28.0 Å². The molecular formula is C29H39ClN5O5S+. The molecule has 12 heteroatoms. The highest BCUT2D eigenvalue weighted by Crippen LogP contribution is 2.30. The minimum Gasteiger partial charge on any atom is -0.340 e. The number of nitrogens with zero attached hydrogens (tertiary/aromatic N) is 4. The Kier molecular flexibility index (Phi) is 8.10. The van der Waals surface area contributed by atoms with E-state index >= 15 is 0 Å². The molecule has 222 valence electrons. The summed E-state index contributed by atoms with van der Waals surface area (Å²) in [5.74, 6) is 0.0421. The number of hydrogen-bond acceptors (Lipinski definition) is 5. The van der Waals surface area contributed by atoms with Crippen LogP contribution >= 0.6 is 11.6 Å². The molecular weight excluding hydrogens is 566 g/mol. The van der Waals surface area contributed by atoms with Gasteiger partial charge in [0.1, 0.15) is 12.1 Å². The van der Waals surface area contributed by atoms with E-state index in [1.165, 1.54) is 11.0 Å². The number of hydrogen-bond donors (Lipinski definition) is 1. The van der Waals surface area contributed by atoms with Gasteiger partial charge in [0.25, 0.3) is 5.91 Å². The summed E-state index contributed by atoms with van der Waals surface area (Å²) in [6.45, 7) is 4.84. The highest BCUT2D eigenvalue weighted by molar-refractivity contribution is 7.89. The SMILES string of the molecule is C[C@@H](C(=O)N1C[C@@H]2C[C@@H](CN(C(=O)C[N+](C)(C)C)C2)C1)N1CC[C@H](NS(=O)(=O)c2ccc3cc(Cl)ccc3c2)C1=O. The number of rotatable bonds is 7. The Morgan fingerprint density at radius 2 is 1.61 bits per heavy atom.